The molecule has 0 radical (unpaired) electrons. The molecule has 0 saturated heterocycles. The number of aromatic hydroxyl groups is 1. The zero-order valence-corrected chi connectivity index (χ0v) is 23.6. The molecule has 0 spiro atoms. The molecule has 1 atom stereocenters. The van der Waals surface area contributed by atoms with Gasteiger partial charge in [0.1, 0.15) is 12.4 Å². The van der Waals surface area contributed by atoms with Gasteiger partial charge in [-0.05, 0) is 54.2 Å². The molecule has 1 heterocycles. The van der Waals surface area contributed by atoms with Crippen molar-refractivity contribution in [3.05, 3.63) is 80.3 Å². The van der Waals surface area contributed by atoms with E-state index >= 15 is 0 Å². The van der Waals surface area contributed by atoms with Crippen molar-refractivity contribution in [2.24, 2.45) is 13.0 Å². The minimum Gasteiger partial charge on any atom is -0.493 e. The molecule has 0 aliphatic heterocycles. The Bertz CT molecular complexity index is 1320. The minimum absolute atomic E-state index is 0.0189. The first-order chi connectivity index (χ1) is 18.7. The van der Waals surface area contributed by atoms with Crippen molar-refractivity contribution in [2.75, 3.05) is 13.2 Å². The topological polar surface area (TPSA) is 96.9 Å². The molecule has 0 unspecified atom stereocenters. The van der Waals surface area contributed by atoms with Crippen LogP contribution in [0.15, 0.2) is 53.5 Å². The second kappa shape index (κ2) is 13.4. The highest BCUT2D eigenvalue weighted by atomic mass is 35.5. The summed E-state index contributed by atoms with van der Waals surface area (Å²) in [4.78, 5) is 26.2. The van der Waals surface area contributed by atoms with Crippen LogP contribution in [0.5, 0.6) is 11.6 Å². The highest BCUT2D eigenvalue weighted by Gasteiger charge is 2.27. The van der Waals surface area contributed by atoms with E-state index in [1.807, 2.05) is 24.3 Å². The maximum Gasteiger partial charge on any atom is 0.330 e. The van der Waals surface area contributed by atoms with Crippen molar-refractivity contribution >= 4 is 29.2 Å². The number of carboxylic acid groups (broad SMARTS) is 1. The predicted molar refractivity (Wildman–Crippen MR) is 152 cm³/mol. The van der Waals surface area contributed by atoms with Crippen LogP contribution in [0, 0.1) is 5.92 Å². The number of nitrogens with zero attached hydrogens (tertiary/aromatic N) is 3. The number of hydrogen-bond donors (Lipinski definition) is 2. The van der Waals surface area contributed by atoms with E-state index in [4.69, 9.17) is 27.9 Å². The second-order valence-corrected chi connectivity index (χ2v) is 11.1. The van der Waals surface area contributed by atoms with E-state index in [9.17, 15) is 19.8 Å². The summed E-state index contributed by atoms with van der Waals surface area (Å²) in [5.74, 6) is 0.0110. The van der Waals surface area contributed by atoms with Gasteiger partial charge in [-0.25, -0.2) is 4.79 Å². The summed E-state index contributed by atoms with van der Waals surface area (Å²) in [5.41, 5.74) is 1.54. The van der Waals surface area contributed by atoms with Crippen LogP contribution in [0.4, 0.5) is 0 Å². The van der Waals surface area contributed by atoms with Crippen molar-refractivity contribution in [1.29, 1.82) is 0 Å². The molecule has 0 bridgehead atoms. The molecule has 8 nitrogen and oxygen atoms in total. The average Bonchev–Trinajstić information content (AvgIpc) is 3.15. The van der Waals surface area contributed by atoms with Gasteiger partial charge in [-0.3, -0.25) is 18.8 Å². The Morgan fingerprint density at radius 1 is 1.13 bits per heavy atom. The standard InChI is InChI=1S/C29H35Cl2N3O5/c1-32-19-27(35)34(29(32)38)13-14-39-26-12-7-21(15-24(26)31)18-33(17-20-5-3-2-4-6-20)25(16-28(36)37)22-8-10-23(30)11-9-22/h7-12,15,19-20,25,35H,2-6,13-14,16-18H2,1H3,(H,36,37)/t25-/m1/s1. The number of aryl methyl sites for hydroxylation is 1. The third kappa shape index (κ3) is 7.81. The first-order valence-corrected chi connectivity index (χ1v) is 14.0. The summed E-state index contributed by atoms with van der Waals surface area (Å²) in [6.07, 6.45) is 7.28. The van der Waals surface area contributed by atoms with Gasteiger partial charge in [-0.2, -0.15) is 0 Å². The third-order valence-electron chi connectivity index (χ3n) is 7.35. The van der Waals surface area contributed by atoms with E-state index < -0.39 is 5.97 Å². The SMILES string of the molecule is Cn1cc(O)n(CCOc2ccc(CN(CC3CCCCC3)[C@H](CC(=O)O)c3ccc(Cl)cc3)cc2Cl)c1=O. The fourth-order valence-corrected chi connectivity index (χ4v) is 5.73. The van der Waals surface area contributed by atoms with Gasteiger partial charge in [0.05, 0.1) is 24.2 Å². The molecule has 10 heteroatoms. The van der Waals surface area contributed by atoms with Crippen LogP contribution in [0.25, 0.3) is 0 Å². The molecule has 210 valence electrons. The number of ether oxygens (including phenoxy) is 1. The van der Waals surface area contributed by atoms with Crippen LogP contribution >= 0.6 is 23.2 Å². The van der Waals surface area contributed by atoms with Crippen molar-refractivity contribution in [1.82, 2.24) is 14.0 Å². The number of carbonyl (C=O) groups is 1. The fraction of sp³-hybridized carbons (Fsp3) is 0.448. The fourth-order valence-electron chi connectivity index (χ4n) is 5.35. The lowest BCUT2D eigenvalue weighted by Gasteiger charge is -2.35. The molecule has 1 saturated carbocycles. The summed E-state index contributed by atoms with van der Waals surface area (Å²) in [5, 5.41) is 20.7. The Hall–Kier alpha value is -2.94. The monoisotopic (exact) mass is 575 g/mol. The summed E-state index contributed by atoms with van der Waals surface area (Å²) in [6.45, 7) is 1.66. The van der Waals surface area contributed by atoms with Gasteiger partial charge >= 0.3 is 11.7 Å². The quantitative estimate of drug-likeness (QED) is 0.280. The average molecular weight is 577 g/mol. The third-order valence-corrected chi connectivity index (χ3v) is 7.90. The molecule has 1 aliphatic carbocycles. The lowest BCUT2D eigenvalue weighted by atomic mass is 9.88. The van der Waals surface area contributed by atoms with E-state index in [1.54, 1.807) is 25.2 Å². The number of imidazole rings is 1. The normalized spacial score (nSPS) is 15.0. The summed E-state index contributed by atoms with van der Waals surface area (Å²) in [7, 11) is 1.57. The molecular formula is C29H35Cl2N3O5. The molecule has 4 rings (SSSR count). The largest absolute Gasteiger partial charge is 0.493 e. The number of benzene rings is 2. The van der Waals surface area contributed by atoms with Crippen molar-refractivity contribution in [2.45, 2.75) is 57.7 Å². The predicted octanol–water partition coefficient (Wildman–Crippen LogP) is 5.88. The van der Waals surface area contributed by atoms with Crippen LogP contribution in [0.1, 0.15) is 55.7 Å². The molecule has 1 fully saturated rings. The lowest BCUT2D eigenvalue weighted by molar-refractivity contribution is -0.138. The zero-order chi connectivity index (χ0) is 27.9. The van der Waals surface area contributed by atoms with Crippen molar-refractivity contribution in [3.63, 3.8) is 0 Å². The molecule has 1 aliphatic rings. The van der Waals surface area contributed by atoms with Gasteiger partial charge in [0.15, 0.2) is 0 Å². The van der Waals surface area contributed by atoms with E-state index in [0.717, 1.165) is 30.5 Å². The summed E-state index contributed by atoms with van der Waals surface area (Å²) < 4.78 is 8.34. The molecule has 1 aromatic heterocycles. The van der Waals surface area contributed by atoms with Gasteiger partial charge in [0.2, 0.25) is 5.88 Å². The number of halogens is 2. The molecule has 2 aromatic carbocycles. The van der Waals surface area contributed by atoms with Crippen LogP contribution in [-0.2, 0) is 24.9 Å². The first-order valence-electron chi connectivity index (χ1n) is 13.3. The van der Waals surface area contributed by atoms with Crippen LogP contribution < -0.4 is 10.4 Å². The van der Waals surface area contributed by atoms with E-state index in [-0.39, 0.29) is 37.2 Å². The summed E-state index contributed by atoms with van der Waals surface area (Å²) in [6, 6.07) is 12.7. The van der Waals surface area contributed by atoms with Gasteiger partial charge < -0.3 is 14.9 Å². The number of rotatable bonds is 12. The second-order valence-electron chi connectivity index (χ2n) is 10.2. The molecular weight excluding hydrogens is 541 g/mol. The van der Waals surface area contributed by atoms with Crippen LogP contribution in [0.3, 0.4) is 0 Å². The smallest absolute Gasteiger partial charge is 0.330 e. The van der Waals surface area contributed by atoms with Crippen LogP contribution in [-0.4, -0.2) is 43.4 Å². The van der Waals surface area contributed by atoms with Gasteiger partial charge in [0.25, 0.3) is 0 Å². The molecule has 39 heavy (non-hydrogen) atoms. The van der Waals surface area contributed by atoms with Crippen LogP contribution in [0.2, 0.25) is 10.0 Å². The Kier molecular flexibility index (Phi) is 9.99. The minimum atomic E-state index is -0.853. The lowest BCUT2D eigenvalue weighted by Crippen LogP contribution is -2.35. The number of carboxylic acids is 1. The summed E-state index contributed by atoms with van der Waals surface area (Å²) >= 11 is 12.7. The van der Waals surface area contributed by atoms with E-state index in [2.05, 4.69) is 4.90 Å². The van der Waals surface area contributed by atoms with E-state index in [0.29, 0.717) is 28.3 Å². The number of aliphatic carboxylic acids is 1. The maximum atomic E-state index is 12.1. The first kappa shape index (κ1) is 29.1. The highest BCUT2D eigenvalue weighted by molar-refractivity contribution is 6.32. The van der Waals surface area contributed by atoms with E-state index in [1.165, 1.54) is 34.6 Å². The molecule has 2 N–H and O–H groups in total. The Labute approximate surface area is 238 Å². The number of aromatic nitrogens is 2. The Morgan fingerprint density at radius 3 is 2.46 bits per heavy atom. The van der Waals surface area contributed by atoms with Crippen molar-refractivity contribution in [3.8, 4) is 11.6 Å². The highest BCUT2D eigenvalue weighted by Crippen LogP contribution is 2.33. The Balaban J connectivity index is 1.51. The van der Waals surface area contributed by atoms with Gasteiger partial charge in [-0.15, -0.1) is 0 Å². The Morgan fingerprint density at radius 2 is 1.85 bits per heavy atom. The molecule has 0 amide bonds. The van der Waals surface area contributed by atoms with Gasteiger partial charge in [0, 0.05) is 31.2 Å². The van der Waals surface area contributed by atoms with Crippen molar-refractivity contribution < 1.29 is 19.7 Å². The molecule has 3 aromatic rings. The zero-order valence-electron chi connectivity index (χ0n) is 22.1. The van der Waals surface area contributed by atoms with Gasteiger partial charge in [-0.1, -0.05) is 60.7 Å². The maximum absolute atomic E-state index is 12.1. The number of hydrogen-bond acceptors (Lipinski definition) is 5.